The Labute approximate surface area is 576 Å². The van der Waals surface area contributed by atoms with Crippen molar-refractivity contribution in [3.8, 4) is 0 Å². The lowest BCUT2D eigenvalue weighted by molar-refractivity contribution is 0.240. The molecule has 5 aromatic carbocycles. The van der Waals surface area contributed by atoms with Crippen LogP contribution in [-0.4, -0.2) is 192 Å². The molecule has 0 radical (unpaired) electrons. The maximum absolute atomic E-state index is 10.6. The Hall–Kier alpha value is -6.00. The van der Waals surface area contributed by atoms with Crippen LogP contribution in [0.4, 0.5) is 0 Å². The fourth-order valence-corrected chi connectivity index (χ4v) is 16.0. The van der Waals surface area contributed by atoms with E-state index in [1.54, 1.807) is 0 Å². The highest BCUT2D eigenvalue weighted by atomic mass is 31.1. The van der Waals surface area contributed by atoms with E-state index in [2.05, 4.69) is 72.8 Å². The minimum absolute atomic E-state index is 0.0465. The van der Waals surface area contributed by atoms with Crippen LogP contribution in [0.1, 0.15) is 155 Å². The first-order valence-corrected chi connectivity index (χ1v) is 36.9. The number of hydrogen-bond acceptors (Lipinski definition) is 16. The number of rotatable bonds is 38. The summed E-state index contributed by atoms with van der Waals surface area (Å²) >= 11 is 0. The van der Waals surface area contributed by atoms with Gasteiger partial charge < -0.3 is 40.9 Å². The number of benzene rings is 5. The fourth-order valence-electron chi connectivity index (χ4n) is 10.3. The van der Waals surface area contributed by atoms with E-state index < -0.39 is 15.8 Å². The predicted octanol–water partition coefficient (Wildman–Crippen LogP) is 8.69. The molecular weight excluding hydrogens is 1240 g/mol. The van der Waals surface area contributed by atoms with Crippen LogP contribution in [0.2, 0.25) is 0 Å². The van der Waals surface area contributed by atoms with E-state index >= 15 is 0 Å². The molecular formula is C78H112N8O8P2. The highest BCUT2D eigenvalue weighted by Crippen LogP contribution is 2.41. The fraction of sp³-hybridized carbons (Fsp3) is 0.513. The lowest BCUT2D eigenvalue weighted by atomic mass is 10.1. The second-order valence-electron chi connectivity index (χ2n) is 27.8. The number of aliphatic imine (C=N–C) groups is 8. The molecule has 5 aromatic rings. The second kappa shape index (κ2) is 40.8. The molecule has 96 heavy (non-hydrogen) atoms. The summed E-state index contributed by atoms with van der Waals surface area (Å²) in [6, 6.07) is 31.0. The monoisotopic (exact) mass is 1350 g/mol. The topological polar surface area (TPSA) is 261 Å². The summed E-state index contributed by atoms with van der Waals surface area (Å²) in [7, 11) is -3.38. The van der Waals surface area contributed by atoms with Crippen LogP contribution in [0.25, 0.3) is 0 Å². The van der Waals surface area contributed by atoms with Crippen LogP contribution in [0.3, 0.4) is 0 Å². The lowest BCUT2D eigenvalue weighted by Crippen LogP contribution is -2.35. The van der Waals surface area contributed by atoms with Gasteiger partial charge in [0.15, 0.2) is 0 Å². The summed E-state index contributed by atoms with van der Waals surface area (Å²) in [4.78, 5) is 39.9. The molecule has 18 heteroatoms. The van der Waals surface area contributed by atoms with Gasteiger partial charge in [-0.25, -0.2) is 0 Å². The normalized spacial score (nSPS) is 16.2. The molecule has 0 aromatic heterocycles. The van der Waals surface area contributed by atoms with Crippen LogP contribution >= 0.6 is 15.8 Å². The molecule has 0 aliphatic heterocycles. The Bertz CT molecular complexity index is 2830. The van der Waals surface area contributed by atoms with Crippen molar-refractivity contribution in [1.29, 1.82) is 0 Å². The Morgan fingerprint density at radius 1 is 0.240 bits per heavy atom. The number of aliphatic hydroxyl groups is 8. The Kier molecular flexibility index (Phi) is 34.3. The number of nitrogens with zero attached hydrogens (tertiary/aromatic N) is 8. The predicted molar refractivity (Wildman–Crippen MR) is 410 cm³/mol. The lowest BCUT2D eigenvalue weighted by Gasteiger charge is -2.29. The molecule has 0 bridgehead atoms. The molecule has 0 aliphatic carbocycles. The van der Waals surface area contributed by atoms with Crippen molar-refractivity contribution in [2.24, 2.45) is 87.3 Å². The standard InChI is InChI=1S/C78H112N8O8P2/c1-49(2)69(41-87)79-33-57-21-58(34-80-70(42-88)50(3)4)26-65(25-57)95(66-27-59(35-81-71(43-89)51(5)6)22-60(28-66)36-82-72(44-90)52(7)8)77-19-17-18-20-78(77)96(67-29-61(37-83-73(45-91)53(9)10)23-62(30-67)38-84-74(46-92)54(11)12)68-31-63(39-85-75(47-93)55(13)14)24-64(32-68)40-86-76(48-94)56(15)16/h17-40,49-56,69-76,87-94H,41-48H2,1-16H3/t69-,70-,71-,72-,73-,74-,75-,76-,95?,96?/m0/s1. The van der Waals surface area contributed by atoms with Gasteiger partial charge in [-0.1, -0.05) is 135 Å². The Morgan fingerprint density at radius 2 is 0.375 bits per heavy atom. The van der Waals surface area contributed by atoms with E-state index in [4.69, 9.17) is 39.9 Å². The van der Waals surface area contributed by atoms with Gasteiger partial charge in [0.05, 0.1) is 101 Å². The SMILES string of the molecule is CC(C)[C@H](CO)N=Cc1cc(C=N[C@@H](CO)C(C)C)cc(P(c2cc(C=N[C@@H](CO)C(C)C)cc(C=N[C@@H](CO)C(C)C)c2)c2ccccc2P(c2cc(C=N[C@@H](CO)C(C)C)cc(C=N[C@@H](CO)C(C)C)c2)c2cc(C=N[C@@H](CO)C(C)C)cc(C=N[C@@H](CO)C(C)C)c2)c1. The first-order valence-electron chi connectivity index (χ1n) is 34.2. The third-order valence-corrected chi connectivity index (χ3v) is 22.2. The summed E-state index contributed by atoms with van der Waals surface area (Å²) in [5.41, 5.74) is 6.20. The van der Waals surface area contributed by atoms with E-state index in [0.29, 0.717) is 0 Å². The molecule has 0 saturated carbocycles. The van der Waals surface area contributed by atoms with Gasteiger partial charge in [-0.15, -0.1) is 0 Å². The highest BCUT2D eigenvalue weighted by molar-refractivity contribution is 7.85. The number of hydrogen-bond donors (Lipinski definition) is 8. The summed E-state index contributed by atoms with van der Waals surface area (Å²) in [5, 5.41) is 90.6. The maximum Gasteiger partial charge on any atom is 0.0753 e. The molecule has 8 atom stereocenters. The Balaban J connectivity index is 2.17. The van der Waals surface area contributed by atoms with Gasteiger partial charge in [0.25, 0.3) is 0 Å². The molecule has 0 saturated heterocycles. The van der Waals surface area contributed by atoms with Gasteiger partial charge >= 0.3 is 0 Å². The molecule has 0 amide bonds. The van der Waals surface area contributed by atoms with Gasteiger partial charge in [-0.3, -0.25) is 39.9 Å². The van der Waals surface area contributed by atoms with E-state index in [0.717, 1.165) is 76.3 Å². The minimum atomic E-state index is -1.69. The van der Waals surface area contributed by atoms with Gasteiger partial charge in [-0.2, -0.15) is 0 Å². The van der Waals surface area contributed by atoms with Crippen LogP contribution < -0.4 is 31.8 Å². The van der Waals surface area contributed by atoms with Crippen molar-refractivity contribution in [3.05, 3.63) is 142 Å². The van der Waals surface area contributed by atoms with E-state index in [1.807, 2.05) is 185 Å². The van der Waals surface area contributed by atoms with Gasteiger partial charge in [0, 0.05) is 49.7 Å². The molecule has 8 N–H and O–H groups in total. The summed E-state index contributed by atoms with van der Waals surface area (Å²) < 4.78 is 0. The van der Waals surface area contributed by atoms with Crippen molar-refractivity contribution in [2.75, 3.05) is 52.9 Å². The van der Waals surface area contributed by atoms with Crippen molar-refractivity contribution in [1.82, 2.24) is 0 Å². The quantitative estimate of drug-likeness (QED) is 0.0140. The van der Waals surface area contributed by atoms with Gasteiger partial charge in [-0.05, 0) is 212 Å². The van der Waals surface area contributed by atoms with Crippen molar-refractivity contribution < 1.29 is 40.9 Å². The van der Waals surface area contributed by atoms with E-state index in [9.17, 15) is 40.9 Å². The molecule has 0 spiro atoms. The molecule has 0 heterocycles. The zero-order chi connectivity index (χ0) is 70.8. The first kappa shape index (κ1) is 80.7. The van der Waals surface area contributed by atoms with Crippen molar-refractivity contribution >= 4 is 97.4 Å². The van der Waals surface area contributed by atoms with E-state index in [1.165, 1.54) is 0 Å². The van der Waals surface area contributed by atoms with Crippen LogP contribution in [0.5, 0.6) is 0 Å². The van der Waals surface area contributed by atoms with Crippen LogP contribution in [0, 0.1) is 47.3 Å². The average molecular weight is 1350 g/mol. The minimum Gasteiger partial charge on any atom is -0.394 e. The third-order valence-electron chi connectivity index (χ3n) is 17.2. The average Bonchev–Trinajstić information content (AvgIpc) is 0.771. The van der Waals surface area contributed by atoms with Crippen molar-refractivity contribution in [2.45, 2.75) is 159 Å². The molecule has 16 nitrogen and oxygen atoms in total. The van der Waals surface area contributed by atoms with E-state index in [-0.39, 0.29) is 149 Å². The molecule has 522 valence electrons. The highest BCUT2D eigenvalue weighted by Gasteiger charge is 2.29. The summed E-state index contributed by atoms with van der Waals surface area (Å²) in [6.45, 7) is 31.4. The zero-order valence-electron chi connectivity index (χ0n) is 59.8. The molecule has 0 fully saturated rings. The van der Waals surface area contributed by atoms with Gasteiger partial charge in [0.2, 0.25) is 0 Å². The molecule has 0 aliphatic rings. The Morgan fingerprint density at radius 3 is 0.490 bits per heavy atom. The van der Waals surface area contributed by atoms with Crippen LogP contribution in [0.15, 0.2) is 137 Å². The molecule has 0 unspecified atom stereocenters. The van der Waals surface area contributed by atoms with Crippen molar-refractivity contribution in [3.63, 3.8) is 0 Å². The van der Waals surface area contributed by atoms with Crippen LogP contribution in [-0.2, 0) is 0 Å². The maximum atomic E-state index is 10.6. The second-order valence-corrected chi connectivity index (χ2v) is 32.1. The molecule has 5 rings (SSSR count). The number of aliphatic hydroxyl groups excluding tert-OH is 8. The summed E-state index contributed by atoms with van der Waals surface area (Å²) in [5.74, 6) is 0.372. The third kappa shape index (κ3) is 24.5. The smallest absolute Gasteiger partial charge is 0.0753 e. The first-order chi connectivity index (χ1) is 45.8. The summed E-state index contributed by atoms with van der Waals surface area (Å²) in [6.07, 6.45) is 14.6. The van der Waals surface area contributed by atoms with Gasteiger partial charge in [0.1, 0.15) is 0 Å². The zero-order valence-corrected chi connectivity index (χ0v) is 61.6. The largest absolute Gasteiger partial charge is 0.394 e.